The number of ether oxygens (including phenoxy) is 2. The summed E-state index contributed by atoms with van der Waals surface area (Å²) in [7, 11) is 0.863. The van der Waals surface area contributed by atoms with Gasteiger partial charge in [-0.1, -0.05) is 17.7 Å². The van der Waals surface area contributed by atoms with Crippen LogP contribution in [-0.2, 0) is 18.0 Å². The van der Waals surface area contributed by atoms with E-state index in [2.05, 4.69) is 25.0 Å². The third-order valence-corrected chi connectivity index (χ3v) is 6.15. The van der Waals surface area contributed by atoms with E-state index < -0.39 is 54.0 Å². The van der Waals surface area contributed by atoms with Gasteiger partial charge in [-0.2, -0.15) is 32.3 Å². The van der Waals surface area contributed by atoms with Crippen molar-refractivity contribution in [3.05, 3.63) is 46.7 Å². The molecule has 0 spiro atoms. The molecular weight excluding hydrogens is 603 g/mol. The van der Waals surface area contributed by atoms with Gasteiger partial charge in [0.1, 0.15) is 11.8 Å². The fraction of sp³-hybridized carbons (Fsp3) is 0.409. The molecule has 0 radical (unpaired) electrons. The summed E-state index contributed by atoms with van der Waals surface area (Å²) in [4.78, 5) is 0. The van der Waals surface area contributed by atoms with Crippen molar-refractivity contribution in [3.8, 4) is 28.9 Å². The Hall–Kier alpha value is -3.53. The molecule has 1 aliphatic carbocycles. The lowest BCUT2D eigenvalue weighted by molar-refractivity contribution is -0.411. The topological polar surface area (TPSA) is 110 Å². The normalized spacial score (nSPS) is 16.8. The van der Waals surface area contributed by atoms with Crippen LogP contribution in [0.15, 0.2) is 30.6 Å². The second kappa shape index (κ2) is 10.4. The molecule has 2 unspecified atom stereocenters. The number of alkyl halides is 9. The fourth-order valence-electron chi connectivity index (χ4n) is 3.71. The minimum Gasteiger partial charge on any atom is -0.408 e. The Morgan fingerprint density at radius 1 is 1.15 bits per heavy atom. The molecule has 1 saturated carbocycles. The van der Waals surface area contributed by atoms with Gasteiger partial charge in [0, 0.05) is 29.4 Å². The Morgan fingerprint density at radius 2 is 1.80 bits per heavy atom. The summed E-state index contributed by atoms with van der Waals surface area (Å²) in [6.45, 7) is 0. The first-order valence-electron chi connectivity index (χ1n) is 11.2. The van der Waals surface area contributed by atoms with Gasteiger partial charge in [0.25, 0.3) is 5.88 Å². The maximum absolute atomic E-state index is 13.9. The second-order valence-corrected chi connectivity index (χ2v) is 9.23. The zero-order valence-corrected chi connectivity index (χ0v) is 21.0. The maximum Gasteiger partial charge on any atom is 0.525 e. The number of aliphatic hydroxyl groups excluding tert-OH is 1. The minimum absolute atomic E-state index is 0.101. The van der Waals surface area contributed by atoms with Crippen LogP contribution >= 0.6 is 11.6 Å². The van der Waals surface area contributed by atoms with Crippen LogP contribution in [0.3, 0.4) is 0 Å². The average Bonchev–Trinajstić information content (AvgIpc) is 3.29. The summed E-state index contributed by atoms with van der Waals surface area (Å²) in [5.74, 6) is -2.96. The monoisotopic (exact) mass is 618 g/mol. The number of nitrogens with one attached hydrogen (secondary N) is 1. The molecule has 2 aromatic heterocycles. The smallest absolute Gasteiger partial charge is 0.408 e. The van der Waals surface area contributed by atoms with Crippen LogP contribution in [0.2, 0.25) is 5.02 Å². The van der Waals surface area contributed by atoms with E-state index in [9.17, 15) is 49.9 Å². The van der Waals surface area contributed by atoms with Gasteiger partial charge in [0.05, 0.1) is 12.3 Å². The van der Waals surface area contributed by atoms with Crippen molar-refractivity contribution in [2.24, 2.45) is 7.05 Å². The van der Waals surface area contributed by atoms with E-state index in [-0.39, 0.29) is 21.7 Å². The molecule has 1 fully saturated rings. The molecule has 222 valence electrons. The van der Waals surface area contributed by atoms with E-state index >= 15 is 0 Å². The van der Waals surface area contributed by atoms with Gasteiger partial charge in [-0.3, -0.25) is 5.32 Å². The van der Waals surface area contributed by atoms with Gasteiger partial charge in [-0.25, -0.2) is 18.5 Å². The number of benzene rings is 1. The summed E-state index contributed by atoms with van der Waals surface area (Å²) in [5, 5.41) is 29.5. The van der Waals surface area contributed by atoms with Gasteiger partial charge in [0.2, 0.25) is 0 Å². The quantitative estimate of drug-likeness (QED) is 0.245. The number of nitriles is 1. The number of aromatic nitrogens is 4. The predicted molar refractivity (Wildman–Crippen MR) is 119 cm³/mol. The van der Waals surface area contributed by atoms with Crippen LogP contribution in [0, 0.1) is 11.3 Å². The molecule has 2 N–H and O–H groups in total. The molecule has 0 amide bonds. The number of rotatable bonds is 9. The number of nitrogens with zero attached hydrogens (tertiary/aromatic N) is 5. The molecule has 1 aliphatic rings. The van der Waals surface area contributed by atoms with Crippen LogP contribution in [0.1, 0.15) is 30.2 Å². The first-order valence-corrected chi connectivity index (χ1v) is 11.5. The summed E-state index contributed by atoms with van der Waals surface area (Å²) in [6, 6.07) is 6.21. The minimum atomic E-state index is -5.89. The molecule has 41 heavy (non-hydrogen) atoms. The molecule has 3 aromatic rings. The largest absolute Gasteiger partial charge is 0.525 e. The van der Waals surface area contributed by atoms with Crippen LogP contribution in [0.4, 0.5) is 39.5 Å². The summed E-state index contributed by atoms with van der Waals surface area (Å²) >= 11 is 6.16. The molecule has 0 aliphatic heterocycles. The van der Waals surface area contributed by atoms with E-state index in [1.54, 1.807) is 0 Å². The number of hydrogen-bond donors (Lipinski definition) is 2. The van der Waals surface area contributed by atoms with Crippen molar-refractivity contribution in [3.63, 3.8) is 0 Å². The van der Waals surface area contributed by atoms with Crippen LogP contribution in [0.25, 0.3) is 16.9 Å². The highest BCUT2D eigenvalue weighted by atomic mass is 35.5. The van der Waals surface area contributed by atoms with Gasteiger partial charge in [0.15, 0.2) is 11.4 Å². The first-order chi connectivity index (χ1) is 18.9. The molecule has 19 heteroatoms. The lowest BCUT2D eigenvalue weighted by Crippen LogP contribution is -2.41. The molecule has 1 aromatic carbocycles. The van der Waals surface area contributed by atoms with E-state index in [4.69, 9.17) is 11.6 Å². The maximum atomic E-state index is 13.9. The Morgan fingerprint density at radius 3 is 2.37 bits per heavy atom. The molecule has 2 heterocycles. The zero-order chi connectivity index (χ0) is 30.5. The van der Waals surface area contributed by atoms with Crippen molar-refractivity contribution in [2.45, 2.75) is 49.6 Å². The standard InChI is InChI=1S/C22H16ClF9N6O3/c1-37-17(14(20(25,26)27)16(36-37)40-21(28,29)18(24)41-22(30,31)32)38-8-11(7-34-38)10-2-3-13(23)12(6-10)15(39)35-19(9-33)4-5-19/h2-3,6-8,15,18,35,39H,4-5H2,1H3. The molecule has 0 saturated heterocycles. The van der Waals surface area contributed by atoms with Crippen molar-refractivity contribution < 1.29 is 54.1 Å². The summed E-state index contributed by atoms with van der Waals surface area (Å²) < 4.78 is 127. The molecule has 0 bridgehead atoms. The Balaban J connectivity index is 1.68. The lowest BCUT2D eigenvalue weighted by Gasteiger charge is -2.21. The predicted octanol–water partition coefficient (Wildman–Crippen LogP) is 5.39. The second-order valence-electron chi connectivity index (χ2n) is 8.82. The number of halogens is 10. The first kappa shape index (κ1) is 30.4. The average molecular weight is 619 g/mol. The molecule has 2 atom stereocenters. The third kappa shape index (κ3) is 6.53. The van der Waals surface area contributed by atoms with Crippen LogP contribution in [0.5, 0.6) is 5.88 Å². The SMILES string of the molecule is Cn1nc(OC(F)(F)C(F)OC(F)(F)F)c(C(F)(F)F)c1-n1cc(-c2ccc(Cl)c(C(O)NC3(C#N)CC3)c2)cn1. The van der Waals surface area contributed by atoms with Crippen molar-refractivity contribution in [1.82, 2.24) is 24.9 Å². The Kier molecular flexibility index (Phi) is 7.71. The van der Waals surface area contributed by atoms with E-state index in [0.29, 0.717) is 22.2 Å². The van der Waals surface area contributed by atoms with E-state index in [1.807, 2.05) is 6.07 Å². The Labute approximate surface area is 228 Å². The fourth-order valence-corrected chi connectivity index (χ4v) is 3.93. The summed E-state index contributed by atoms with van der Waals surface area (Å²) in [6.07, 6.45) is -19.7. The van der Waals surface area contributed by atoms with Crippen LogP contribution in [-0.4, -0.2) is 49.0 Å². The molecule has 4 rings (SSSR count). The molecular formula is C22H16ClF9N6O3. The molecule has 9 nitrogen and oxygen atoms in total. The number of aryl methyl sites for hydroxylation is 1. The highest BCUT2D eigenvalue weighted by Crippen LogP contribution is 2.43. The number of hydrogen-bond acceptors (Lipinski definition) is 7. The van der Waals surface area contributed by atoms with Gasteiger partial charge >= 0.3 is 25.0 Å². The van der Waals surface area contributed by atoms with Gasteiger partial charge in [-0.15, -0.1) is 18.3 Å². The van der Waals surface area contributed by atoms with Crippen molar-refractivity contribution in [2.75, 3.05) is 0 Å². The van der Waals surface area contributed by atoms with Crippen molar-refractivity contribution in [1.29, 1.82) is 5.26 Å². The summed E-state index contributed by atoms with van der Waals surface area (Å²) in [5.41, 5.74) is -2.37. The Bertz CT molecular complexity index is 1480. The number of aliphatic hydroxyl groups is 1. The van der Waals surface area contributed by atoms with Crippen molar-refractivity contribution >= 4 is 11.6 Å². The van der Waals surface area contributed by atoms with E-state index in [0.717, 1.165) is 19.4 Å². The highest BCUT2D eigenvalue weighted by Gasteiger charge is 2.53. The van der Waals surface area contributed by atoms with Crippen LogP contribution < -0.4 is 10.1 Å². The zero-order valence-electron chi connectivity index (χ0n) is 20.2. The lowest BCUT2D eigenvalue weighted by atomic mass is 10.0. The van der Waals surface area contributed by atoms with Gasteiger partial charge in [-0.05, 0) is 30.5 Å². The third-order valence-electron chi connectivity index (χ3n) is 5.80. The van der Waals surface area contributed by atoms with Gasteiger partial charge < -0.3 is 9.84 Å². The highest BCUT2D eigenvalue weighted by molar-refractivity contribution is 6.31. The van der Waals surface area contributed by atoms with E-state index in [1.165, 1.54) is 18.2 Å².